The summed E-state index contributed by atoms with van der Waals surface area (Å²) in [5, 5.41) is 4.71. The van der Waals surface area contributed by atoms with E-state index in [1.807, 2.05) is 42.5 Å². The molecule has 5 rings (SSSR count). The van der Waals surface area contributed by atoms with E-state index in [-0.39, 0.29) is 11.9 Å². The van der Waals surface area contributed by atoms with Gasteiger partial charge in [0.1, 0.15) is 18.2 Å². The van der Waals surface area contributed by atoms with Gasteiger partial charge >= 0.3 is 0 Å². The number of carbonyl (C=O) groups is 1. The highest BCUT2D eigenvalue weighted by Gasteiger charge is 2.37. The van der Waals surface area contributed by atoms with Crippen molar-refractivity contribution in [2.24, 2.45) is 5.92 Å². The number of benzene rings is 2. The van der Waals surface area contributed by atoms with E-state index in [0.717, 1.165) is 48.2 Å². The quantitative estimate of drug-likeness (QED) is 0.505. The number of ether oxygens (including phenoxy) is 2. The number of thiocarbonyl (C=S) groups is 1. The van der Waals surface area contributed by atoms with E-state index in [9.17, 15) is 4.79 Å². The maximum atomic E-state index is 13.1. The summed E-state index contributed by atoms with van der Waals surface area (Å²) in [6.07, 6.45) is 4.14. The van der Waals surface area contributed by atoms with Crippen molar-refractivity contribution < 1.29 is 14.3 Å². The summed E-state index contributed by atoms with van der Waals surface area (Å²) in [5.41, 5.74) is 1.95. The van der Waals surface area contributed by atoms with E-state index in [1.165, 1.54) is 0 Å². The maximum absolute atomic E-state index is 13.1. The minimum absolute atomic E-state index is 0.0733. The topological polar surface area (TPSA) is 79.8 Å². The fourth-order valence-electron chi connectivity index (χ4n) is 4.94. The van der Waals surface area contributed by atoms with Crippen LogP contribution in [0, 0.1) is 5.92 Å². The highest BCUT2D eigenvalue weighted by molar-refractivity contribution is 7.80. The zero-order valence-corrected chi connectivity index (χ0v) is 20.8. The minimum Gasteiger partial charge on any atom is -0.493 e. The lowest BCUT2D eigenvalue weighted by atomic mass is 9.95. The van der Waals surface area contributed by atoms with Gasteiger partial charge in [-0.25, -0.2) is 9.97 Å². The van der Waals surface area contributed by atoms with Crippen molar-refractivity contribution in [2.45, 2.75) is 25.3 Å². The van der Waals surface area contributed by atoms with Crippen LogP contribution in [0.1, 0.15) is 18.4 Å². The molecule has 1 unspecified atom stereocenters. The largest absolute Gasteiger partial charge is 0.493 e. The van der Waals surface area contributed by atoms with Crippen LogP contribution in [0.15, 0.2) is 48.8 Å². The van der Waals surface area contributed by atoms with Crippen LogP contribution in [0.5, 0.6) is 11.5 Å². The Morgan fingerprint density at radius 1 is 1.06 bits per heavy atom. The smallest absolute Gasteiger partial charge is 0.251 e. The van der Waals surface area contributed by atoms with Crippen molar-refractivity contribution in [1.82, 2.24) is 20.2 Å². The van der Waals surface area contributed by atoms with Crippen LogP contribution in [-0.2, 0) is 11.2 Å². The van der Waals surface area contributed by atoms with Gasteiger partial charge in [0, 0.05) is 37.5 Å². The second-order valence-electron chi connectivity index (χ2n) is 8.99. The van der Waals surface area contributed by atoms with Crippen LogP contribution >= 0.6 is 12.2 Å². The fraction of sp³-hybridized carbons (Fsp3) is 0.385. The summed E-state index contributed by atoms with van der Waals surface area (Å²) in [6, 6.07) is 13.6. The molecule has 8 nitrogen and oxygen atoms in total. The molecule has 1 atom stereocenters. The van der Waals surface area contributed by atoms with Crippen LogP contribution in [0.25, 0.3) is 10.9 Å². The number of rotatable bonds is 7. The third-order valence-electron chi connectivity index (χ3n) is 6.86. The molecule has 9 heteroatoms. The van der Waals surface area contributed by atoms with Crippen LogP contribution in [-0.4, -0.2) is 65.8 Å². The van der Waals surface area contributed by atoms with Gasteiger partial charge in [-0.05, 0) is 42.6 Å². The summed E-state index contributed by atoms with van der Waals surface area (Å²) < 4.78 is 10.9. The molecular formula is C26H29N5O3S. The van der Waals surface area contributed by atoms with Gasteiger partial charge in [-0.3, -0.25) is 9.69 Å². The van der Waals surface area contributed by atoms with E-state index in [2.05, 4.69) is 20.2 Å². The average molecular weight is 492 g/mol. The van der Waals surface area contributed by atoms with Crippen molar-refractivity contribution in [1.29, 1.82) is 0 Å². The molecule has 2 saturated heterocycles. The van der Waals surface area contributed by atoms with E-state index in [4.69, 9.17) is 21.7 Å². The Bertz CT molecular complexity index is 1230. The number of carbonyl (C=O) groups excluding carboxylic acids is 1. The van der Waals surface area contributed by atoms with Crippen LogP contribution in [0.4, 0.5) is 5.82 Å². The van der Waals surface area contributed by atoms with Crippen molar-refractivity contribution in [3.05, 3.63) is 54.4 Å². The molecule has 1 aromatic heterocycles. The molecule has 0 spiro atoms. The number of amides is 1. The van der Waals surface area contributed by atoms with E-state index in [0.29, 0.717) is 35.5 Å². The second kappa shape index (κ2) is 10.0. The highest BCUT2D eigenvalue weighted by Crippen LogP contribution is 2.35. The van der Waals surface area contributed by atoms with Gasteiger partial charge in [0.15, 0.2) is 16.6 Å². The lowest BCUT2D eigenvalue weighted by Gasteiger charge is -2.34. The molecule has 0 bridgehead atoms. The van der Waals surface area contributed by atoms with E-state index in [1.54, 1.807) is 25.4 Å². The monoisotopic (exact) mass is 491 g/mol. The summed E-state index contributed by atoms with van der Waals surface area (Å²) in [6.45, 7) is 2.35. The number of hydrogen-bond acceptors (Lipinski definition) is 7. The number of piperidine rings is 1. The molecule has 3 heterocycles. The first-order valence-corrected chi connectivity index (χ1v) is 12.3. The molecule has 3 aromatic rings. The maximum Gasteiger partial charge on any atom is 0.251 e. The van der Waals surface area contributed by atoms with Gasteiger partial charge in [-0.2, -0.15) is 0 Å². The predicted molar refractivity (Wildman–Crippen MR) is 139 cm³/mol. The Labute approximate surface area is 210 Å². The van der Waals surface area contributed by atoms with Crippen molar-refractivity contribution in [3.63, 3.8) is 0 Å². The van der Waals surface area contributed by atoms with Gasteiger partial charge in [-0.1, -0.05) is 30.3 Å². The molecule has 2 aliphatic heterocycles. The Morgan fingerprint density at radius 3 is 2.49 bits per heavy atom. The molecule has 0 saturated carbocycles. The number of hydrogen-bond donors (Lipinski definition) is 1. The molecule has 2 aromatic carbocycles. The number of methoxy groups -OCH3 is 2. The molecular weight excluding hydrogens is 462 g/mol. The Balaban J connectivity index is 1.24. The fourth-order valence-corrected chi connectivity index (χ4v) is 5.25. The summed E-state index contributed by atoms with van der Waals surface area (Å²) >= 11 is 5.52. The van der Waals surface area contributed by atoms with Gasteiger partial charge < -0.3 is 19.7 Å². The molecule has 182 valence electrons. The normalized spacial score (nSPS) is 18.7. The first-order valence-electron chi connectivity index (χ1n) is 11.8. The van der Waals surface area contributed by atoms with E-state index < -0.39 is 0 Å². The third kappa shape index (κ3) is 4.73. The molecule has 0 aliphatic carbocycles. The number of anilines is 1. The van der Waals surface area contributed by atoms with Crippen molar-refractivity contribution >= 4 is 40.0 Å². The van der Waals surface area contributed by atoms with Gasteiger partial charge in [0.25, 0.3) is 5.91 Å². The van der Waals surface area contributed by atoms with E-state index >= 15 is 0 Å². The van der Waals surface area contributed by atoms with Gasteiger partial charge in [-0.15, -0.1) is 0 Å². The molecule has 2 fully saturated rings. The zero-order valence-electron chi connectivity index (χ0n) is 19.9. The first-order chi connectivity index (χ1) is 17.1. The lowest BCUT2D eigenvalue weighted by molar-refractivity contribution is -0.127. The zero-order chi connectivity index (χ0) is 24.4. The van der Waals surface area contributed by atoms with Crippen molar-refractivity contribution in [3.8, 4) is 11.5 Å². The Kier molecular flexibility index (Phi) is 6.68. The molecule has 35 heavy (non-hydrogen) atoms. The highest BCUT2D eigenvalue weighted by atomic mass is 32.1. The third-order valence-corrected chi connectivity index (χ3v) is 7.20. The second-order valence-corrected chi connectivity index (χ2v) is 9.38. The SMILES string of the molecule is COc1cc2ncnc(N3CCC(CN4C(=O)C(Cc5ccccc5)NC4=S)CC3)c2cc1OC. The number of fused-ring (bicyclic) bond motifs is 1. The van der Waals surface area contributed by atoms with Gasteiger partial charge in [0.05, 0.1) is 19.7 Å². The number of aromatic nitrogens is 2. The first kappa shape index (κ1) is 23.3. The number of nitrogens with zero attached hydrogens (tertiary/aromatic N) is 4. The average Bonchev–Trinajstić information content (AvgIpc) is 3.15. The lowest BCUT2D eigenvalue weighted by Crippen LogP contribution is -2.41. The Hall–Kier alpha value is -3.46. The standard InChI is InChI=1S/C26H29N5O3S/c1-33-22-13-19-20(14-23(22)34-2)27-16-28-24(19)30-10-8-18(9-11-30)15-31-25(32)21(29-26(31)35)12-17-6-4-3-5-7-17/h3-7,13-14,16,18,21H,8-12,15H2,1-2H3,(H,29,35). The summed E-state index contributed by atoms with van der Waals surface area (Å²) in [4.78, 5) is 26.1. The number of nitrogens with one attached hydrogen (secondary N) is 1. The van der Waals surface area contributed by atoms with Crippen molar-refractivity contribution in [2.75, 3.05) is 38.8 Å². The van der Waals surface area contributed by atoms with Gasteiger partial charge in [0.2, 0.25) is 0 Å². The molecule has 1 amide bonds. The predicted octanol–water partition coefficient (Wildman–Crippen LogP) is 3.19. The van der Waals surface area contributed by atoms with Crippen LogP contribution in [0.2, 0.25) is 0 Å². The molecule has 2 aliphatic rings. The summed E-state index contributed by atoms with van der Waals surface area (Å²) in [7, 11) is 3.24. The minimum atomic E-state index is -0.288. The van der Waals surface area contributed by atoms with Crippen LogP contribution < -0.4 is 19.7 Å². The molecule has 0 radical (unpaired) electrons. The molecule has 1 N–H and O–H groups in total. The van der Waals surface area contributed by atoms with Crippen LogP contribution in [0.3, 0.4) is 0 Å². The Morgan fingerprint density at radius 2 is 1.77 bits per heavy atom. The summed E-state index contributed by atoms with van der Waals surface area (Å²) in [5.74, 6) is 2.65.